The lowest BCUT2D eigenvalue weighted by atomic mass is 10.2. The first-order valence-corrected chi connectivity index (χ1v) is 7.50. The number of aliphatic hydroxyl groups is 1. The molecule has 1 aliphatic heterocycles. The number of hydrogen-bond donors (Lipinski definition) is 3. The first-order chi connectivity index (χ1) is 10.1. The summed E-state index contributed by atoms with van der Waals surface area (Å²) in [5, 5.41) is 12.6. The number of hydrogen-bond acceptors (Lipinski definition) is 4. The molecule has 0 saturated carbocycles. The first kappa shape index (κ1) is 15.7. The van der Waals surface area contributed by atoms with Crippen LogP contribution in [-0.2, 0) is 6.42 Å². The summed E-state index contributed by atoms with van der Waals surface area (Å²) >= 11 is 0. The van der Waals surface area contributed by atoms with Crippen LogP contribution in [0.25, 0.3) is 0 Å². The number of amides is 1. The second-order valence-corrected chi connectivity index (χ2v) is 5.48. The predicted molar refractivity (Wildman–Crippen MR) is 80.5 cm³/mol. The number of H-pyrrole nitrogens is 1. The summed E-state index contributed by atoms with van der Waals surface area (Å²) in [5.41, 5.74) is 0.784. The van der Waals surface area contributed by atoms with Crippen LogP contribution in [0.4, 0.5) is 0 Å². The SMILES string of the molecule is CCc1cc(C(=O)NCC(O)CN2CCCC2)cc(=O)[nH]1. The van der Waals surface area contributed by atoms with Gasteiger partial charge in [-0.2, -0.15) is 0 Å². The molecule has 1 atom stereocenters. The summed E-state index contributed by atoms with van der Waals surface area (Å²) in [4.78, 5) is 28.3. The molecule has 0 spiro atoms. The van der Waals surface area contributed by atoms with Crippen LogP contribution in [-0.4, -0.2) is 53.2 Å². The highest BCUT2D eigenvalue weighted by molar-refractivity contribution is 5.94. The standard InChI is InChI=1S/C15H23N3O3/c1-2-12-7-11(8-14(20)17-12)15(21)16-9-13(19)10-18-5-3-4-6-18/h7-8,13,19H,2-6,9-10H2,1H3,(H,16,21)(H,17,20). The van der Waals surface area contributed by atoms with Gasteiger partial charge in [-0.15, -0.1) is 0 Å². The summed E-state index contributed by atoms with van der Waals surface area (Å²) in [6.07, 6.45) is 2.42. The van der Waals surface area contributed by atoms with Crippen molar-refractivity contribution in [3.8, 4) is 0 Å². The number of carbonyl (C=O) groups is 1. The van der Waals surface area contributed by atoms with E-state index in [2.05, 4.69) is 15.2 Å². The van der Waals surface area contributed by atoms with Gasteiger partial charge in [0.05, 0.1) is 6.10 Å². The van der Waals surface area contributed by atoms with E-state index >= 15 is 0 Å². The Kier molecular flexibility index (Phi) is 5.52. The molecular weight excluding hydrogens is 270 g/mol. The number of aryl methyl sites for hydroxylation is 1. The number of β-amino-alcohol motifs (C(OH)–C–C–N with tert-alkyl or cyclic N) is 1. The molecule has 1 unspecified atom stereocenters. The molecule has 6 heteroatoms. The van der Waals surface area contributed by atoms with Crippen LogP contribution in [0.5, 0.6) is 0 Å². The van der Waals surface area contributed by atoms with Crippen LogP contribution in [0.1, 0.15) is 35.8 Å². The van der Waals surface area contributed by atoms with Crippen LogP contribution in [0.2, 0.25) is 0 Å². The number of nitrogens with zero attached hydrogens (tertiary/aromatic N) is 1. The molecule has 2 rings (SSSR count). The lowest BCUT2D eigenvalue weighted by Crippen LogP contribution is -2.39. The van der Waals surface area contributed by atoms with Gasteiger partial charge in [0.1, 0.15) is 0 Å². The fourth-order valence-electron chi connectivity index (χ4n) is 2.56. The molecule has 0 aliphatic carbocycles. The van der Waals surface area contributed by atoms with Crippen molar-refractivity contribution in [2.24, 2.45) is 0 Å². The van der Waals surface area contributed by atoms with Crippen molar-refractivity contribution in [2.45, 2.75) is 32.3 Å². The van der Waals surface area contributed by atoms with Gasteiger partial charge in [-0.3, -0.25) is 9.59 Å². The van der Waals surface area contributed by atoms with Gasteiger partial charge in [-0.1, -0.05) is 6.92 Å². The Bertz CT molecular complexity index is 535. The number of likely N-dealkylation sites (tertiary alicyclic amines) is 1. The molecule has 0 radical (unpaired) electrons. The lowest BCUT2D eigenvalue weighted by molar-refractivity contribution is 0.0879. The Morgan fingerprint density at radius 1 is 1.43 bits per heavy atom. The van der Waals surface area contributed by atoms with Gasteiger partial charge in [-0.25, -0.2) is 0 Å². The molecule has 1 amide bonds. The van der Waals surface area contributed by atoms with Crippen molar-refractivity contribution >= 4 is 5.91 Å². The van der Waals surface area contributed by atoms with Gasteiger partial charge in [0.15, 0.2) is 0 Å². The Balaban J connectivity index is 1.86. The van der Waals surface area contributed by atoms with Gasteiger partial charge in [-0.05, 0) is 38.4 Å². The number of aromatic amines is 1. The minimum absolute atomic E-state index is 0.198. The largest absolute Gasteiger partial charge is 0.390 e. The molecular formula is C15H23N3O3. The smallest absolute Gasteiger partial charge is 0.251 e. The summed E-state index contributed by atoms with van der Waals surface area (Å²) in [5.74, 6) is -0.323. The van der Waals surface area contributed by atoms with Crippen LogP contribution in [0.3, 0.4) is 0 Å². The van der Waals surface area contributed by atoms with Crippen molar-refractivity contribution in [1.29, 1.82) is 0 Å². The van der Waals surface area contributed by atoms with Crippen LogP contribution in [0, 0.1) is 0 Å². The number of aliphatic hydroxyl groups excluding tert-OH is 1. The Morgan fingerprint density at radius 2 is 2.14 bits per heavy atom. The summed E-state index contributed by atoms with van der Waals surface area (Å²) in [6, 6.07) is 2.95. The number of nitrogens with one attached hydrogen (secondary N) is 2. The van der Waals surface area contributed by atoms with Crippen molar-refractivity contribution in [2.75, 3.05) is 26.2 Å². The Labute approximate surface area is 124 Å². The van der Waals surface area contributed by atoms with E-state index in [0.717, 1.165) is 18.8 Å². The monoisotopic (exact) mass is 293 g/mol. The maximum atomic E-state index is 12.0. The number of rotatable bonds is 6. The molecule has 116 valence electrons. The molecule has 21 heavy (non-hydrogen) atoms. The van der Waals surface area contributed by atoms with E-state index < -0.39 is 6.10 Å². The molecule has 1 saturated heterocycles. The van der Waals surface area contributed by atoms with Gasteiger partial charge in [0.25, 0.3) is 5.91 Å². The third-order valence-electron chi connectivity index (χ3n) is 3.71. The van der Waals surface area contributed by atoms with Gasteiger partial charge in [0, 0.05) is 30.4 Å². The normalized spacial score (nSPS) is 16.9. The molecule has 0 bridgehead atoms. The minimum atomic E-state index is -0.584. The van der Waals surface area contributed by atoms with E-state index in [4.69, 9.17) is 0 Å². The topological polar surface area (TPSA) is 85.4 Å². The number of pyridine rings is 1. The molecule has 3 N–H and O–H groups in total. The maximum Gasteiger partial charge on any atom is 0.251 e. The van der Waals surface area contributed by atoms with Crippen molar-refractivity contribution in [3.63, 3.8) is 0 Å². The average Bonchev–Trinajstić information content (AvgIpc) is 2.96. The molecule has 1 aromatic heterocycles. The van der Waals surface area contributed by atoms with Crippen molar-refractivity contribution < 1.29 is 9.90 Å². The van der Waals surface area contributed by atoms with E-state index in [-0.39, 0.29) is 18.0 Å². The molecule has 1 aliphatic rings. The fourth-order valence-corrected chi connectivity index (χ4v) is 2.56. The van der Waals surface area contributed by atoms with E-state index in [9.17, 15) is 14.7 Å². The summed E-state index contributed by atoms with van der Waals surface area (Å²) in [7, 11) is 0. The van der Waals surface area contributed by atoms with Crippen LogP contribution in [0.15, 0.2) is 16.9 Å². The highest BCUT2D eigenvalue weighted by atomic mass is 16.3. The fraction of sp³-hybridized carbons (Fsp3) is 0.600. The van der Waals surface area contributed by atoms with Crippen LogP contribution < -0.4 is 10.9 Å². The number of aromatic nitrogens is 1. The average molecular weight is 293 g/mol. The lowest BCUT2D eigenvalue weighted by Gasteiger charge is -2.19. The van der Waals surface area contributed by atoms with Crippen molar-refractivity contribution in [3.05, 3.63) is 33.7 Å². The van der Waals surface area contributed by atoms with E-state index in [1.807, 2.05) is 6.92 Å². The third kappa shape index (κ3) is 4.68. The predicted octanol–water partition coefficient (Wildman–Crippen LogP) is 0.124. The molecule has 2 heterocycles. The third-order valence-corrected chi connectivity index (χ3v) is 3.71. The Morgan fingerprint density at radius 3 is 2.81 bits per heavy atom. The van der Waals surface area contributed by atoms with Crippen LogP contribution >= 0.6 is 0 Å². The minimum Gasteiger partial charge on any atom is -0.390 e. The van der Waals surface area contributed by atoms with Gasteiger partial charge >= 0.3 is 0 Å². The summed E-state index contributed by atoms with van der Waals surface area (Å²) in [6.45, 7) is 4.71. The zero-order valence-corrected chi connectivity index (χ0v) is 12.4. The highest BCUT2D eigenvalue weighted by Gasteiger charge is 2.16. The molecule has 1 aromatic rings. The zero-order chi connectivity index (χ0) is 15.2. The van der Waals surface area contributed by atoms with Gasteiger partial charge in [0.2, 0.25) is 5.56 Å². The second kappa shape index (κ2) is 7.38. The second-order valence-electron chi connectivity index (χ2n) is 5.48. The number of carbonyl (C=O) groups excluding carboxylic acids is 1. The maximum absolute atomic E-state index is 12.0. The highest BCUT2D eigenvalue weighted by Crippen LogP contribution is 2.07. The van der Waals surface area contributed by atoms with E-state index in [1.54, 1.807) is 6.07 Å². The zero-order valence-electron chi connectivity index (χ0n) is 12.4. The Hall–Kier alpha value is -1.66. The quantitative estimate of drug-likeness (QED) is 0.695. The first-order valence-electron chi connectivity index (χ1n) is 7.50. The summed E-state index contributed by atoms with van der Waals surface area (Å²) < 4.78 is 0. The molecule has 1 fully saturated rings. The van der Waals surface area contributed by atoms with Crippen molar-refractivity contribution in [1.82, 2.24) is 15.2 Å². The van der Waals surface area contributed by atoms with E-state index in [0.29, 0.717) is 18.5 Å². The molecule has 0 aromatic carbocycles. The van der Waals surface area contributed by atoms with E-state index in [1.165, 1.54) is 18.9 Å². The van der Waals surface area contributed by atoms with Gasteiger partial charge < -0.3 is 20.3 Å². The molecule has 6 nitrogen and oxygen atoms in total.